The number of ether oxygens (including phenoxy) is 1. The van der Waals surface area contributed by atoms with Gasteiger partial charge in [-0.25, -0.2) is 13.6 Å². The van der Waals surface area contributed by atoms with E-state index in [1.165, 1.54) is 29.8 Å². The largest absolute Gasteiger partial charge is 0.507 e. The molecule has 3 rings (SSSR count). The molecule has 0 atom stereocenters. The number of esters is 1. The lowest BCUT2D eigenvalue weighted by atomic mass is 10.1. The van der Waals surface area contributed by atoms with Crippen molar-refractivity contribution in [3.8, 4) is 0 Å². The topological polar surface area (TPSA) is 85.6 Å². The summed E-state index contributed by atoms with van der Waals surface area (Å²) in [6.07, 6.45) is 1.85. The van der Waals surface area contributed by atoms with Gasteiger partial charge in [0.15, 0.2) is 5.43 Å². The number of carbonyl (C=O) groups excluding carboxylic acids is 2. The van der Waals surface area contributed by atoms with Crippen LogP contribution in [0.5, 0.6) is 0 Å². The molecule has 1 N–H and O–H groups in total. The van der Waals surface area contributed by atoms with E-state index in [-0.39, 0.29) is 29.7 Å². The fourth-order valence-electron chi connectivity index (χ4n) is 2.95. The molecule has 3 aromatic rings. The first-order valence-electron chi connectivity index (χ1n) is 9.00. The number of hydrogen-bond acceptors (Lipinski definition) is 5. The molecule has 2 aromatic carbocycles. The SMILES string of the molecule is CCOC(=O)C(=O)C=C(O)c1cn(Cc2ccc(F)cc2F)c2ccccc2c1=O. The molecule has 0 amide bonds. The van der Waals surface area contributed by atoms with E-state index in [4.69, 9.17) is 0 Å². The molecule has 8 heteroatoms. The molecule has 0 saturated heterocycles. The minimum Gasteiger partial charge on any atom is -0.507 e. The molecule has 0 unspecified atom stereocenters. The Bertz CT molecular complexity index is 1230. The van der Waals surface area contributed by atoms with Crippen LogP contribution in [0.15, 0.2) is 59.5 Å². The normalized spacial score (nSPS) is 11.5. The van der Waals surface area contributed by atoms with Crippen molar-refractivity contribution in [2.45, 2.75) is 13.5 Å². The number of aromatic nitrogens is 1. The summed E-state index contributed by atoms with van der Waals surface area (Å²) in [5, 5.41) is 10.5. The van der Waals surface area contributed by atoms with E-state index in [2.05, 4.69) is 4.74 Å². The maximum absolute atomic E-state index is 14.1. The number of carbonyl (C=O) groups is 2. The third kappa shape index (κ3) is 4.27. The predicted molar refractivity (Wildman–Crippen MR) is 106 cm³/mol. The fourth-order valence-corrected chi connectivity index (χ4v) is 2.95. The van der Waals surface area contributed by atoms with Gasteiger partial charge in [0.2, 0.25) is 0 Å². The minimum atomic E-state index is -1.17. The van der Waals surface area contributed by atoms with Gasteiger partial charge in [0.25, 0.3) is 5.78 Å². The molecule has 30 heavy (non-hydrogen) atoms. The molecule has 0 aliphatic carbocycles. The van der Waals surface area contributed by atoms with E-state index in [9.17, 15) is 28.3 Å². The molecule has 1 aromatic heterocycles. The Hall–Kier alpha value is -3.81. The van der Waals surface area contributed by atoms with Gasteiger partial charge in [0.05, 0.1) is 24.2 Å². The summed E-state index contributed by atoms with van der Waals surface area (Å²) in [4.78, 5) is 36.1. The third-order valence-corrected chi connectivity index (χ3v) is 4.36. The summed E-state index contributed by atoms with van der Waals surface area (Å²) in [5.74, 6) is -4.51. The number of rotatable bonds is 6. The van der Waals surface area contributed by atoms with Gasteiger partial charge in [-0.2, -0.15) is 0 Å². The Morgan fingerprint density at radius 2 is 1.90 bits per heavy atom. The average Bonchev–Trinajstić information content (AvgIpc) is 2.72. The van der Waals surface area contributed by atoms with Crippen molar-refractivity contribution in [2.24, 2.45) is 0 Å². The van der Waals surface area contributed by atoms with E-state index in [0.717, 1.165) is 12.1 Å². The lowest BCUT2D eigenvalue weighted by molar-refractivity contribution is -0.151. The van der Waals surface area contributed by atoms with Crippen molar-refractivity contribution in [3.05, 3.63) is 87.7 Å². The first-order chi connectivity index (χ1) is 14.3. The first kappa shape index (κ1) is 20.9. The Morgan fingerprint density at radius 3 is 2.60 bits per heavy atom. The number of aliphatic hydroxyl groups is 1. The van der Waals surface area contributed by atoms with Crippen LogP contribution in [0, 0.1) is 11.6 Å². The number of ketones is 1. The van der Waals surface area contributed by atoms with Crippen LogP contribution in [0.3, 0.4) is 0 Å². The van der Waals surface area contributed by atoms with Gasteiger partial charge in [-0.1, -0.05) is 18.2 Å². The van der Waals surface area contributed by atoms with Gasteiger partial charge in [0.1, 0.15) is 17.4 Å². The van der Waals surface area contributed by atoms with Crippen LogP contribution in [0.4, 0.5) is 8.78 Å². The molecule has 0 aliphatic rings. The van der Waals surface area contributed by atoms with Crippen LogP contribution < -0.4 is 5.43 Å². The summed E-state index contributed by atoms with van der Waals surface area (Å²) < 4.78 is 33.4. The average molecular weight is 413 g/mol. The second kappa shape index (κ2) is 8.69. The molecule has 6 nitrogen and oxygen atoms in total. The highest BCUT2D eigenvalue weighted by atomic mass is 19.1. The van der Waals surface area contributed by atoms with E-state index in [1.807, 2.05) is 0 Å². The van der Waals surface area contributed by atoms with E-state index in [1.54, 1.807) is 18.2 Å². The van der Waals surface area contributed by atoms with Crippen molar-refractivity contribution in [2.75, 3.05) is 6.61 Å². The second-order valence-electron chi connectivity index (χ2n) is 6.37. The highest BCUT2D eigenvalue weighted by Crippen LogP contribution is 2.19. The van der Waals surface area contributed by atoms with Crippen LogP contribution in [0.25, 0.3) is 16.7 Å². The highest BCUT2D eigenvalue weighted by molar-refractivity contribution is 6.39. The number of pyridine rings is 1. The van der Waals surface area contributed by atoms with Gasteiger partial charge in [-0.15, -0.1) is 0 Å². The van der Waals surface area contributed by atoms with Crippen LogP contribution in [-0.4, -0.2) is 28.0 Å². The van der Waals surface area contributed by atoms with E-state index in [0.29, 0.717) is 11.6 Å². The molecule has 0 radical (unpaired) electrons. The van der Waals surface area contributed by atoms with Crippen LogP contribution in [0.2, 0.25) is 0 Å². The smallest absolute Gasteiger partial charge is 0.379 e. The second-order valence-corrected chi connectivity index (χ2v) is 6.37. The minimum absolute atomic E-state index is 0.0226. The highest BCUT2D eigenvalue weighted by Gasteiger charge is 2.18. The molecule has 0 aliphatic heterocycles. The number of nitrogens with zero attached hydrogens (tertiary/aromatic N) is 1. The van der Waals surface area contributed by atoms with Crippen LogP contribution in [-0.2, 0) is 20.9 Å². The van der Waals surface area contributed by atoms with Crippen molar-refractivity contribution >= 4 is 28.4 Å². The zero-order chi connectivity index (χ0) is 21.8. The lowest BCUT2D eigenvalue weighted by Gasteiger charge is -2.14. The Balaban J connectivity index is 2.12. The maximum Gasteiger partial charge on any atom is 0.379 e. The molecule has 0 fully saturated rings. The summed E-state index contributed by atoms with van der Waals surface area (Å²) >= 11 is 0. The first-order valence-corrected chi connectivity index (χ1v) is 9.00. The Morgan fingerprint density at radius 1 is 1.17 bits per heavy atom. The summed E-state index contributed by atoms with van der Waals surface area (Å²) in [6.45, 7) is 1.43. The van der Waals surface area contributed by atoms with Gasteiger partial charge < -0.3 is 14.4 Å². The number of benzene rings is 2. The van der Waals surface area contributed by atoms with Gasteiger partial charge in [-0.3, -0.25) is 9.59 Å². The van der Waals surface area contributed by atoms with Crippen molar-refractivity contribution < 1.29 is 28.2 Å². The quantitative estimate of drug-likeness (QED) is 0.290. The molecular weight excluding hydrogens is 396 g/mol. The number of para-hydroxylation sites is 1. The van der Waals surface area contributed by atoms with Gasteiger partial charge >= 0.3 is 5.97 Å². The van der Waals surface area contributed by atoms with Crippen molar-refractivity contribution in [3.63, 3.8) is 0 Å². The fraction of sp³-hybridized carbons (Fsp3) is 0.136. The van der Waals surface area contributed by atoms with E-state index >= 15 is 0 Å². The molecule has 1 heterocycles. The van der Waals surface area contributed by atoms with Crippen LogP contribution >= 0.6 is 0 Å². The number of hydrogen-bond donors (Lipinski definition) is 1. The number of halogens is 2. The summed E-state index contributed by atoms with van der Waals surface area (Å²) in [5.41, 5.74) is -0.234. The zero-order valence-electron chi connectivity index (χ0n) is 15.9. The molecule has 0 saturated carbocycles. The molecular formula is C22H17F2NO5. The number of fused-ring (bicyclic) bond motifs is 1. The standard InChI is InChI=1S/C22H17F2NO5/c1-2-30-22(29)20(27)10-19(26)16-12-25(11-13-7-8-14(23)9-17(13)24)18-6-4-3-5-15(18)21(16)28/h3-10,12,26H,2,11H2,1H3. The van der Waals surface area contributed by atoms with Crippen molar-refractivity contribution in [1.29, 1.82) is 0 Å². The summed E-state index contributed by atoms with van der Waals surface area (Å²) in [6, 6.07) is 9.57. The number of aliphatic hydroxyl groups excluding tert-OH is 1. The Labute approximate surface area is 169 Å². The van der Waals surface area contributed by atoms with Gasteiger partial charge in [-0.05, 0) is 25.1 Å². The van der Waals surface area contributed by atoms with E-state index < -0.39 is 34.6 Å². The maximum atomic E-state index is 14.1. The Kier molecular flexibility index (Phi) is 6.06. The zero-order valence-corrected chi connectivity index (χ0v) is 15.9. The van der Waals surface area contributed by atoms with Gasteiger partial charge in [0, 0.05) is 29.3 Å². The predicted octanol–water partition coefficient (Wildman–Crippen LogP) is 3.36. The lowest BCUT2D eigenvalue weighted by Crippen LogP contribution is -2.18. The molecule has 0 bridgehead atoms. The third-order valence-electron chi connectivity index (χ3n) is 4.36. The molecule has 154 valence electrons. The van der Waals surface area contributed by atoms with Crippen LogP contribution in [0.1, 0.15) is 18.1 Å². The monoisotopic (exact) mass is 413 g/mol. The van der Waals surface area contributed by atoms with Crippen molar-refractivity contribution in [1.82, 2.24) is 4.57 Å². The summed E-state index contributed by atoms with van der Waals surface area (Å²) in [7, 11) is 0. The molecule has 0 spiro atoms.